The number of hydrogen-bond donors (Lipinski definition) is 4. The molecule has 0 aromatic rings. The molecule has 0 spiro atoms. The molecule has 5 heteroatoms. The van der Waals surface area contributed by atoms with Crippen molar-refractivity contribution in [1.82, 2.24) is 0 Å². The Morgan fingerprint density at radius 3 is 2.55 bits per heavy atom. The summed E-state index contributed by atoms with van der Waals surface area (Å²) in [4.78, 5) is 13.0. The molecule has 0 saturated heterocycles. The van der Waals surface area contributed by atoms with E-state index >= 15 is 0 Å². The van der Waals surface area contributed by atoms with Crippen molar-refractivity contribution in [2.75, 3.05) is 0 Å². The summed E-state index contributed by atoms with van der Waals surface area (Å²) in [5, 5.41) is 43.5. The van der Waals surface area contributed by atoms with Gasteiger partial charge in [0.05, 0.1) is 23.7 Å². The molecule has 0 unspecified atom stereocenters. The van der Waals surface area contributed by atoms with Crippen LogP contribution in [0.2, 0.25) is 0 Å². The zero-order valence-electron chi connectivity index (χ0n) is 20.8. The van der Waals surface area contributed by atoms with Crippen LogP contribution in [0, 0.1) is 46.3 Å². The third-order valence-corrected chi connectivity index (χ3v) is 10.5. The maximum atomic E-state index is 13.0. The number of allylic oxidation sites excluding steroid dienone is 2. The first-order valence-corrected chi connectivity index (χ1v) is 13.1. The van der Waals surface area contributed by atoms with Crippen molar-refractivity contribution in [3.63, 3.8) is 0 Å². The van der Waals surface area contributed by atoms with Crippen LogP contribution >= 0.6 is 0 Å². The van der Waals surface area contributed by atoms with Crippen LogP contribution in [0.4, 0.5) is 0 Å². The van der Waals surface area contributed by atoms with Gasteiger partial charge in [-0.2, -0.15) is 0 Å². The number of aliphatic carboxylic acids is 1. The lowest BCUT2D eigenvalue weighted by Crippen LogP contribution is -2.62. The molecule has 4 aliphatic rings. The quantitative estimate of drug-likeness (QED) is 0.436. The molecular formula is C28H44O5. The SMILES string of the molecule is C=C(CC[C@@H](C)[C@H]1CC[C@H]2[C@@H]3CC=C4C[C@@H](O)C[C@H](O)[C@]4(C)[C@H]3[C@H](O)C[C@]12C(=O)O)C(C)C. The van der Waals surface area contributed by atoms with Crippen LogP contribution < -0.4 is 0 Å². The van der Waals surface area contributed by atoms with E-state index in [0.717, 1.165) is 37.7 Å². The normalized spacial score (nSPS) is 45.6. The molecule has 10 atom stereocenters. The van der Waals surface area contributed by atoms with Crippen molar-refractivity contribution < 1.29 is 25.2 Å². The van der Waals surface area contributed by atoms with Crippen molar-refractivity contribution in [3.8, 4) is 0 Å². The molecular weight excluding hydrogens is 416 g/mol. The molecule has 4 aliphatic carbocycles. The van der Waals surface area contributed by atoms with Gasteiger partial charge >= 0.3 is 5.97 Å². The average Bonchev–Trinajstić information content (AvgIpc) is 3.13. The summed E-state index contributed by atoms with van der Waals surface area (Å²) in [6.45, 7) is 12.7. The molecule has 0 heterocycles. The number of rotatable bonds is 6. The van der Waals surface area contributed by atoms with E-state index < -0.39 is 35.1 Å². The topological polar surface area (TPSA) is 98.0 Å². The number of carboxylic acids is 1. The molecule has 33 heavy (non-hydrogen) atoms. The predicted octanol–water partition coefficient (Wildman–Crippen LogP) is 4.56. The zero-order chi connectivity index (χ0) is 24.3. The number of carbonyl (C=O) groups is 1. The molecule has 4 rings (SSSR count). The second kappa shape index (κ2) is 8.80. The highest BCUT2D eigenvalue weighted by atomic mass is 16.4. The molecule has 3 saturated carbocycles. The van der Waals surface area contributed by atoms with Crippen molar-refractivity contribution in [1.29, 1.82) is 0 Å². The first-order chi connectivity index (χ1) is 15.4. The van der Waals surface area contributed by atoms with Gasteiger partial charge in [0.15, 0.2) is 0 Å². The van der Waals surface area contributed by atoms with Gasteiger partial charge in [0.2, 0.25) is 0 Å². The fraction of sp³-hybridized carbons (Fsp3) is 0.821. The molecule has 0 aromatic heterocycles. The van der Waals surface area contributed by atoms with Crippen molar-refractivity contribution >= 4 is 5.97 Å². The lowest BCUT2D eigenvalue weighted by atomic mass is 9.45. The minimum Gasteiger partial charge on any atom is -0.481 e. The number of fused-ring (bicyclic) bond motifs is 5. The molecule has 0 radical (unpaired) electrons. The minimum absolute atomic E-state index is 0.0119. The van der Waals surface area contributed by atoms with E-state index in [1.54, 1.807) is 0 Å². The van der Waals surface area contributed by atoms with Crippen LogP contribution in [0.15, 0.2) is 23.8 Å². The lowest BCUT2D eigenvalue weighted by Gasteiger charge is -2.60. The molecule has 4 N–H and O–H groups in total. The third kappa shape index (κ3) is 3.73. The van der Waals surface area contributed by atoms with E-state index in [1.165, 1.54) is 5.57 Å². The van der Waals surface area contributed by atoms with Gasteiger partial charge in [0.25, 0.3) is 0 Å². The highest BCUT2D eigenvalue weighted by Crippen LogP contribution is 2.67. The van der Waals surface area contributed by atoms with Crippen LogP contribution in [-0.2, 0) is 4.79 Å². The first-order valence-electron chi connectivity index (χ1n) is 13.1. The number of aliphatic hydroxyl groups excluding tert-OH is 3. The summed E-state index contributed by atoms with van der Waals surface area (Å²) in [7, 11) is 0. The Balaban J connectivity index is 1.65. The van der Waals surface area contributed by atoms with Gasteiger partial charge < -0.3 is 20.4 Å². The minimum atomic E-state index is -0.903. The lowest BCUT2D eigenvalue weighted by molar-refractivity contribution is -0.188. The number of carboxylic acid groups (broad SMARTS) is 1. The van der Waals surface area contributed by atoms with E-state index in [2.05, 4.69) is 33.4 Å². The smallest absolute Gasteiger partial charge is 0.310 e. The van der Waals surface area contributed by atoms with Crippen LogP contribution in [0.25, 0.3) is 0 Å². The van der Waals surface area contributed by atoms with Gasteiger partial charge in [-0.05, 0) is 80.5 Å². The van der Waals surface area contributed by atoms with Crippen LogP contribution in [0.1, 0.15) is 79.1 Å². The highest BCUT2D eigenvalue weighted by Gasteiger charge is 2.67. The monoisotopic (exact) mass is 460 g/mol. The molecule has 0 bridgehead atoms. The Bertz CT molecular complexity index is 817. The summed E-state index contributed by atoms with van der Waals surface area (Å²) < 4.78 is 0. The molecule has 3 fully saturated rings. The fourth-order valence-electron chi connectivity index (χ4n) is 8.60. The van der Waals surface area contributed by atoms with Gasteiger partial charge in [-0.1, -0.05) is 51.5 Å². The first kappa shape index (κ1) is 24.9. The maximum absolute atomic E-state index is 13.0. The summed E-state index contributed by atoms with van der Waals surface area (Å²) in [6.07, 6.45) is 5.60. The summed E-state index contributed by atoms with van der Waals surface area (Å²) in [5.74, 6) is -0.112. The van der Waals surface area contributed by atoms with Crippen molar-refractivity contribution in [2.24, 2.45) is 46.3 Å². The number of aliphatic hydroxyl groups is 3. The van der Waals surface area contributed by atoms with E-state index in [0.29, 0.717) is 18.8 Å². The van der Waals surface area contributed by atoms with Gasteiger partial charge in [-0.25, -0.2) is 0 Å². The second-order valence-corrected chi connectivity index (χ2v) is 12.3. The van der Waals surface area contributed by atoms with Crippen LogP contribution in [0.3, 0.4) is 0 Å². The number of hydrogen-bond acceptors (Lipinski definition) is 4. The van der Waals surface area contributed by atoms with Crippen molar-refractivity contribution in [2.45, 2.75) is 97.4 Å². The Hall–Kier alpha value is -1.17. The molecule has 0 aromatic carbocycles. The van der Waals surface area contributed by atoms with E-state index in [9.17, 15) is 25.2 Å². The highest BCUT2D eigenvalue weighted by molar-refractivity contribution is 5.76. The summed E-state index contributed by atoms with van der Waals surface area (Å²) >= 11 is 0. The molecule has 0 amide bonds. The van der Waals surface area contributed by atoms with Gasteiger partial charge in [0.1, 0.15) is 0 Å². The van der Waals surface area contributed by atoms with E-state index in [-0.39, 0.29) is 36.0 Å². The van der Waals surface area contributed by atoms with Gasteiger partial charge in [0, 0.05) is 11.8 Å². The summed E-state index contributed by atoms with van der Waals surface area (Å²) in [5.41, 5.74) is 0.771. The van der Waals surface area contributed by atoms with Crippen molar-refractivity contribution in [3.05, 3.63) is 23.8 Å². The standard InChI is InChI=1S/C28H44O5/c1-15(2)16(3)6-7-17(4)21-10-11-22-20-9-8-18-12-19(29)13-24(31)27(18,5)25(20)23(30)14-28(21,22)26(32)33/h8,15,17,19-25,29-31H,3,6-7,9-14H2,1-2,4-5H3,(H,32,33)/t17-,19-,20+,21-,22+,23-,24+,25-,27-,28+/m1/s1. The second-order valence-electron chi connectivity index (χ2n) is 12.3. The van der Waals surface area contributed by atoms with E-state index in [4.69, 9.17) is 0 Å². The molecule has 186 valence electrons. The van der Waals surface area contributed by atoms with Gasteiger partial charge in [-0.15, -0.1) is 0 Å². The largest absolute Gasteiger partial charge is 0.481 e. The average molecular weight is 461 g/mol. The molecule has 0 aliphatic heterocycles. The Labute approximate surface area is 199 Å². The third-order valence-electron chi connectivity index (χ3n) is 10.5. The zero-order valence-corrected chi connectivity index (χ0v) is 20.8. The summed E-state index contributed by atoms with van der Waals surface area (Å²) in [6, 6.07) is 0. The van der Waals surface area contributed by atoms with E-state index in [1.807, 2.05) is 6.92 Å². The van der Waals surface area contributed by atoms with Crippen LogP contribution in [-0.4, -0.2) is 44.7 Å². The van der Waals surface area contributed by atoms with Gasteiger partial charge in [-0.3, -0.25) is 4.79 Å². The Kier molecular flexibility index (Phi) is 6.65. The molecule has 5 nitrogen and oxygen atoms in total. The Morgan fingerprint density at radius 1 is 1.21 bits per heavy atom. The van der Waals surface area contributed by atoms with Crippen LogP contribution in [0.5, 0.6) is 0 Å². The fourth-order valence-corrected chi connectivity index (χ4v) is 8.60. The Morgan fingerprint density at radius 2 is 1.91 bits per heavy atom. The maximum Gasteiger partial charge on any atom is 0.310 e. The predicted molar refractivity (Wildman–Crippen MR) is 128 cm³/mol.